The molecule has 1 saturated heterocycles. The van der Waals surface area contributed by atoms with Gasteiger partial charge in [-0.15, -0.1) is 0 Å². The van der Waals surface area contributed by atoms with Crippen LogP contribution in [0.1, 0.15) is 50.4 Å². The maximum atomic E-state index is 12.9. The number of rotatable bonds is 4. The van der Waals surface area contributed by atoms with E-state index in [-0.39, 0.29) is 12.0 Å². The summed E-state index contributed by atoms with van der Waals surface area (Å²) in [7, 11) is 0. The highest BCUT2D eigenvalue weighted by atomic mass is 32.1. The van der Waals surface area contributed by atoms with Crippen LogP contribution in [0.4, 0.5) is 5.13 Å². The molecule has 1 saturated carbocycles. The van der Waals surface area contributed by atoms with Crippen LogP contribution in [0.25, 0.3) is 0 Å². The summed E-state index contributed by atoms with van der Waals surface area (Å²) in [5, 5.41) is 0.984. The normalized spacial score (nSPS) is 21.4. The second-order valence-corrected chi connectivity index (χ2v) is 8.55. The number of piperazine rings is 1. The topological polar surface area (TPSA) is 49.3 Å². The Bertz CT molecular complexity index is 757. The van der Waals surface area contributed by atoms with Gasteiger partial charge in [-0.3, -0.25) is 4.79 Å². The standard InChI is InChI=1S/C21H28N4OS/c1-16-15-24(12-13-25(16)20(26)18-10-6-3-7-11-18)21-22-19(23-27-21)14-17-8-4-2-5-9-17/h2,4-5,8-9,16,18H,3,6-7,10-15H2,1H3/t16-/m0/s1. The molecular weight excluding hydrogens is 356 g/mol. The minimum Gasteiger partial charge on any atom is -0.343 e. The second-order valence-electron chi connectivity index (χ2n) is 7.82. The Kier molecular flexibility index (Phi) is 5.72. The molecule has 0 unspecified atom stereocenters. The lowest BCUT2D eigenvalue weighted by atomic mass is 9.88. The van der Waals surface area contributed by atoms with E-state index in [0.29, 0.717) is 5.91 Å². The lowest BCUT2D eigenvalue weighted by Gasteiger charge is -2.41. The van der Waals surface area contributed by atoms with Gasteiger partial charge < -0.3 is 9.80 Å². The van der Waals surface area contributed by atoms with Gasteiger partial charge in [0.05, 0.1) is 0 Å². The second kappa shape index (κ2) is 8.38. The fraction of sp³-hybridized carbons (Fsp3) is 0.571. The molecule has 2 aromatic rings. The summed E-state index contributed by atoms with van der Waals surface area (Å²) in [6.45, 7) is 4.66. The van der Waals surface area contributed by atoms with Gasteiger partial charge in [0.2, 0.25) is 11.0 Å². The highest BCUT2D eigenvalue weighted by Gasteiger charge is 2.33. The Morgan fingerprint density at radius 1 is 1.15 bits per heavy atom. The van der Waals surface area contributed by atoms with Gasteiger partial charge in [-0.1, -0.05) is 49.6 Å². The van der Waals surface area contributed by atoms with Gasteiger partial charge in [0.1, 0.15) is 5.82 Å². The van der Waals surface area contributed by atoms with Gasteiger partial charge in [0, 0.05) is 49.5 Å². The Morgan fingerprint density at radius 2 is 1.93 bits per heavy atom. The molecular formula is C21H28N4OS. The maximum absolute atomic E-state index is 12.9. The molecule has 0 N–H and O–H groups in total. The van der Waals surface area contributed by atoms with Crippen molar-refractivity contribution in [2.45, 2.75) is 51.5 Å². The van der Waals surface area contributed by atoms with Crippen LogP contribution >= 0.6 is 11.5 Å². The van der Waals surface area contributed by atoms with Gasteiger partial charge in [-0.05, 0) is 25.3 Å². The third kappa shape index (κ3) is 4.32. The van der Waals surface area contributed by atoms with E-state index in [1.54, 1.807) is 0 Å². The van der Waals surface area contributed by atoms with E-state index in [4.69, 9.17) is 4.98 Å². The molecule has 5 nitrogen and oxygen atoms in total. The minimum absolute atomic E-state index is 0.231. The van der Waals surface area contributed by atoms with Gasteiger partial charge in [0.25, 0.3) is 0 Å². The first-order valence-electron chi connectivity index (χ1n) is 10.1. The average Bonchev–Trinajstić information content (AvgIpc) is 3.17. The smallest absolute Gasteiger partial charge is 0.226 e. The summed E-state index contributed by atoms with van der Waals surface area (Å²) in [6, 6.07) is 10.6. The number of amides is 1. The number of aromatic nitrogens is 2. The van der Waals surface area contributed by atoms with Crippen molar-refractivity contribution in [1.82, 2.24) is 14.3 Å². The van der Waals surface area contributed by atoms with Crippen molar-refractivity contribution in [3.63, 3.8) is 0 Å². The minimum atomic E-state index is 0.231. The van der Waals surface area contributed by atoms with E-state index in [1.165, 1.54) is 36.4 Å². The average molecular weight is 385 g/mol. The van der Waals surface area contributed by atoms with Crippen LogP contribution in [0.2, 0.25) is 0 Å². The Hall–Kier alpha value is -1.95. The number of hydrogen-bond donors (Lipinski definition) is 0. The van der Waals surface area contributed by atoms with Crippen LogP contribution in [0.3, 0.4) is 0 Å². The number of anilines is 1. The van der Waals surface area contributed by atoms with Crippen molar-refractivity contribution in [1.29, 1.82) is 0 Å². The fourth-order valence-electron chi connectivity index (χ4n) is 4.27. The zero-order chi connectivity index (χ0) is 18.6. The van der Waals surface area contributed by atoms with Crippen molar-refractivity contribution < 1.29 is 4.79 Å². The molecule has 2 heterocycles. The van der Waals surface area contributed by atoms with Crippen LogP contribution in [-0.2, 0) is 11.2 Å². The molecule has 1 aliphatic heterocycles. The molecule has 0 radical (unpaired) electrons. The summed E-state index contributed by atoms with van der Waals surface area (Å²) in [5.74, 6) is 1.52. The van der Waals surface area contributed by atoms with Crippen LogP contribution in [0, 0.1) is 5.92 Å². The fourth-order valence-corrected chi connectivity index (χ4v) is 4.99. The first kappa shape index (κ1) is 18.4. The van der Waals surface area contributed by atoms with Crippen LogP contribution in [0.15, 0.2) is 30.3 Å². The summed E-state index contributed by atoms with van der Waals surface area (Å²) in [4.78, 5) is 22.1. The lowest BCUT2D eigenvalue weighted by molar-refractivity contribution is -0.139. The Balaban J connectivity index is 1.36. The molecule has 1 amide bonds. The zero-order valence-electron chi connectivity index (χ0n) is 16.0. The van der Waals surface area contributed by atoms with Gasteiger partial charge in [-0.25, -0.2) is 4.98 Å². The van der Waals surface area contributed by atoms with Crippen molar-refractivity contribution in [3.05, 3.63) is 41.7 Å². The molecule has 1 atom stereocenters. The molecule has 1 aromatic heterocycles. The number of benzene rings is 1. The van der Waals surface area contributed by atoms with Crippen LogP contribution in [0.5, 0.6) is 0 Å². The molecule has 6 heteroatoms. The maximum Gasteiger partial charge on any atom is 0.226 e. The molecule has 1 aromatic carbocycles. The van der Waals surface area contributed by atoms with Crippen molar-refractivity contribution in [2.75, 3.05) is 24.5 Å². The van der Waals surface area contributed by atoms with Gasteiger partial charge >= 0.3 is 0 Å². The number of carbonyl (C=O) groups is 1. The molecule has 144 valence electrons. The Morgan fingerprint density at radius 3 is 2.67 bits per heavy atom. The zero-order valence-corrected chi connectivity index (χ0v) is 16.8. The first-order chi connectivity index (χ1) is 13.2. The van der Waals surface area contributed by atoms with E-state index in [2.05, 4.69) is 33.2 Å². The SMILES string of the molecule is C[C@H]1CN(c2nc(Cc3ccccc3)ns2)CCN1C(=O)C1CCCCC1. The molecule has 4 rings (SSSR count). The number of nitrogens with zero attached hydrogens (tertiary/aromatic N) is 4. The number of carbonyl (C=O) groups excluding carboxylic acids is 1. The predicted octanol–water partition coefficient (Wildman–Crippen LogP) is 3.75. The third-order valence-electron chi connectivity index (χ3n) is 5.80. The highest BCUT2D eigenvalue weighted by molar-refractivity contribution is 7.09. The summed E-state index contributed by atoms with van der Waals surface area (Å²) in [5.41, 5.74) is 1.23. The van der Waals surface area contributed by atoms with Crippen molar-refractivity contribution in [2.24, 2.45) is 5.92 Å². The van der Waals surface area contributed by atoms with Gasteiger partial charge in [-0.2, -0.15) is 4.37 Å². The molecule has 0 spiro atoms. The summed E-state index contributed by atoms with van der Waals surface area (Å²) in [6.07, 6.45) is 6.62. The Labute approximate surface area is 165 Å². The van der Waals surface area contributed by atoms with Crippen LogP contribution < -0.4 is 4.90 Å². The summed E-state index contributed by atoms with van der Waals surface area (Å²) >= 11 is 1.48. The molecule has 1 aliphatic carbocycles. The number of hydrogen-bond acceptors (Lipinski definition) is 5. The monoisotopic (exact) mass is 384 g/mol. The molecule has 2 aliphatic rings. The van der Waals surface area contributed by atoms with Crippen LogP contribution in [-0.4, -0.2) is 45.8 Å². The van der Waals surface area contributed by atoms with E-state index in [9.17, 15) is 4.79 Å². The summed E-state index contributed by atoms with van der Waals surface area (Å²) < 4.78 is 4.55. The molecule has 2 fully saturated rings. The lowest BCUT2D eigenvalue weighted by Crippen LogP contribution is -2.55. The highest BCUT2D eigenvalue weighted by Crippen LogP contribution is 2.28. The van der Waals surface area contributed by atoms with E-state index in [1.807, 2.05) is 18.2 Å². The third-order valence-corrected chi connectivity index (χ3v) is 6.61. The largest absolute Gasteiger partial charge is 0.343 e. The van der Waals surface area contributed by atoms with E-state index < -0.39 is 0 Å². The quantitative estimate of drug-likeness (QED) is 0.806. The van der Waals surface area contributed by atoms with Crippen molar-refractivity contribution >= 4 is 22.6 Å². The molecule has 27 heavy (non-hydrogen) atoms. The van der Waals surface area contributed by atoms with E-state index in [0.717, 1.165) is 49.9 Å². The predicted molar refractivity (Wildman–Crippen MR) is 109 cm³/mol. The van der Waals surface area contributed by atoms with Crippen molar-refractivity contribution in [3.8, 4) is 0 Å². The molecule has 0 bridgehead atoms. The van der Waals surface area contributed by atoms with Gasteiger partial charge in [0.15, 0.2) is 0 Å². The van der Waals surface area contributed by atoms with E-state index >= 15 is 0 Å². The first-order valence-corrected chi connectivity index (χ1v) is 10.9.